The van der Waals surface area contributed by atoms with E-state index in [1.807, 2.05) is 32.0 Å². The van der Waals surface area contributed by atoms with Crippen LogP contribution in [-0.4, -0.2) is 80.0 Å². The predicted molar refractivity (Wildman–Crippen MR) is 105 cm³/mol. The highest BCUT2D eigenvalue weighted by atomic mass is 16.8. The molecule has 3 fully saturated rings. The number of ether oxygens (including phenoxy) is 4. The lowest BCUT2D eigenvalue weighted by atomic mass is 10.0. The molecule has 0 amide bonds. The number of para-hydroxylation sites is 2. The van der Waals surface area contributed by atoms with Crippen LogP contribution >= 0.6 is 0 Å². The molecule has 154 valence electrons. The maximum atomic E-state index is 11.0. The molecule has 0 unspecified atom stereocenters. The number of piperazine rings is 1. The highest BCUT2D eigenvalue weighted by Gasteiger charge is 2.50. The lowest BCUT2D eigenvalue weighted by molar-refractivity contribution is -0.156. The van der Waals surface area contributed by atoms with Gasteiger partial charge in [0.1, 0.15) is 23.7 Å². The monoisotopic (exact) mass is 390 g/mol. The van der Waals surface area contributed by atoms with Crippen LogP contribution in [0, 0.1) is 0 Å². The molecule has 4 rings (SSSR count). The van der Waals surface area contributed by atoms with Crippen LogP contribution in [0.15, 0.2) is 36.6 Å². The van der Waals surface area contributed by atoms with Crippen molar-refractivity contribution in [2.24, 2.45) is 0 Å². The van der Waals surface area contributed by atoms with Crippen LogP contribution < -0.4 is 9.64 Å². The average molecular weight is 390 g/mol. The summed E-state index contributed by atoms with van der Waals surface area (Å²) in [5.74, 6) is 0.843. The Labute approximate surface area is 166 Å². The van der Waals surface area contributed by atoms with Gasteiger partial charge in [0, 0.05) is 26.2 Å². The molecule has 7 nitrogen and oxygen atoms in total. The molecule has 3 heterocycles. The van der Waals surface area contributed by atoms with E-state index in [0.29, 0.717) is 12.4 Å². The Bertz CT molecular complexity index is 717. The van der Waals surface area contributed by atoms with Gasteiger partial charge in [0.05, 0.1) is 25.4 Å². The van der Waals surface area contributed by atoms with E-state index in [9.17, 15) is 5.11 Å². The molecule has 0 aromatic heterocycles. The normalized spacial score (nSPS) is 33.1. The van der Waals surface area contributed by atoms with Crippen molar-refractivity contribution >= 4 is 5.69 Å². The zero-order valence-electron chi connectivity index (χ0n) is 16.8. The van der Waals surface area contributed by atoms with Crippen molar-refractivity contribution in [3.63, 3.8) is 0 Å². The summed E-state index contributed by atoms with van der Waals surface area (Å²) in [5.41, 5.74) is 1.10. The summed E-state index contributed by atoms with van der Waals surface area (Å²) in [6.45, 7) is 11.5. The third-order valence-electron chi connectivity index (χ3n) is 5.81. The van der Waals surface area contributed by atoms with Crippen LogP contribution in [0.2, 0.25) is 0 Å². The molecule has 3 saturated heterocycles. The first-order valence-corrected chi connectivity index (χ1v) is 9.87. The Morgan fingerprint density at radius 3 is 2.54 bits per heavy atom. The molecule has 3 aliphatic rings. The molecule has 7 heteroatoms. The lowest BCUT2D eigenvalue weighted by Gasteiger charge is -2.39. The molecule has 0 aliphatic carbocycles. The highest BCUT2D eigenvalue weighted by Crippen LogP contribution is 2.36. The van der Waals surface area contributed by atoms with Crippen LogP contribution in [0.4, 0.5) is 5.69 Å². The van der Waals surface area contributed by atoms with Gasteiger partial charge in [0.25, 0.3) is 0 Å². The zero-order chi connectivity index (χ0) is 19.9. The molecule has 4 atom stereocenters. The van der Waals surface area contributed by atoms with Crippen molar-refractivity contribution in [2.45, 2.75) is 44.0 Å². The fourth-order valence-corrected chi connectivity index (χ4v) is 4.41. The molecule has 0 saturated carbocycles. The fourth-order valence-electron chi connectivity index (χ4n) is 4.41. The summed E-state index contributed by atoms with van der Waals surface area (Å²) in [6.07, 6.45) is -1.43. The van der Waals surface area contributed by atoms with E-state index in [2.05, 4.69) is 22.4 Å². The first-order valence-electron chi connectivity index (χ1n) is 9.87. The Hall–Kier alpha value is -1.80. The fraction of sp³-hybridized carbons (Fsp3) is 0.619. The topological polar surface area (TPSA) is 63.6 Å². The van der Waals surface area contributed by atoms with Crippen molar-refractivity contribution in [2.75, 3.05) is 44.8 Å². The number of anilines is 1. The molecule has 28 heavy (non-hydrogen) atoms. The summed E-state index contributed by atoms with van der Waals surface area (Å²) in [4.78, 5) is 4.56. The SMILES string of the molecule is C=C1O[C@H]([C@H]2COC(C)(C)O2)[C@H](O)[C@H]1N1CCN(c2ccccc2OC)CC1. The molecular formula is C21H30N2O5. The van der Waals surface area contributed by atoms with E-state index >= 15 is 0 Å². The quantitative estimate of drug-likeness (QED) is 0.838. The van der Waals surface area contributed by atoms with E-state index in [-0.39, 0.29) is 12.1 Å². The number of rotatable bonds is 4. The van der Waals surface area contributed by atoms with E-state index in [1.54, 1.807) is 7.11 Å². The molecule has 0 spiro atoms. The number of aliphatic hydroxyl groups is 1. The Morgan fingerprint density at radius 2 is 1.89 bits per heavy atom. The first-order chi connectivity index (χ1) is 13.4. The minimum absolute atomic E-state index is 0.225. The van der Waals surface area contributed by atoms with Gasteiger partial charge >= 0.3 is 0 Å². The molecule has 1 N–H and O–H groups in total. The van der Waals surface area contributed by atoms with Crippen LogP contribution in [0.5, 0.6) is 5.75 Å². The van der Waals surface area contributed by atoms with Gasteiger partial charge in [0.15, 0.2) is 11.9 Å². The van der Waals surface area contributed by atoms with Crippen molar-refractivity contribution in [1.82, 2.24) is 4.90 Å². The minimum Gasteiger partial charge on any atom is -0.495 e. The summed E-state index contributed by atoms with van der Waals surface area (Å²) in [6, 6.07) is 7.84. The third-order valence-corrected chi connectivity index (χ3v) is 5.81. The molecule has 0 bridgehead atoms. The summed E-state index contributed by atoms with van der Waals surface area (Å²) >= 11 is 0. The maximum absolute atomic E-state index is 11.0. The van der Waals surface area contributed by atoms with Crippen molar-refractivity contribution < 1.29 is 24.1 Å². The van der Waals surface area contributed by atoms with Crippen LogP contribution in [-0.2, 0) is 14.2 Å². The molecule has 1 aromatic rings. The van der Waals surface area contributed by atoms with Crippen molar-refractivity contribution in [3.05, 3.63) is 36.6 Å². The number of hydrogen-bond acceptors (Lipinski definition) is 7. The maximum Gasteiger partial charge on any atom is 0.163 e. The largest absolute Gasteiger partial charge is 0.495 e. The zero-order valence-corrected chi connectivity index (χ0v) is 16.8. The standard InChI is InChI=1S/C21H30N2O5/c1-14-18(19(24)20(27-14)17-13-26-21(2,3)28-17)23-11-9-22(10-12-23)15-7-5-6-8-16(15)25-4/h5-8,17-20,24H,1,9-13H2,2-4H3/t17-,18+,19-,20-/m1/s1. The number of aliphatic hydroxyl groups excluding tert-OH is 1. The van der Waals surface area contributed by atoms with Gasteiger partial charge in [0.2, 0.25) is 0 Å². The summed E-state index contributed by atoms with van der Waals surface area (Å²) in [5, 5.41) is 11.0. The molecule has 1 aromatic carbocycles. The first kappa shape index (κ1) is 19.5. The van der Waals surface area contributed by atoms with Gasteiger partial charge in [-0.2, -0.15) is 0 Å². The number of benzene rings is 1. The number of hydrogen-bond donors (Lipinski definition) is 1. The lowest BCUT2D eigenvalue weighted by Crippen LogP contribution is -2.54. The van der Waals surface area contributed by atoms with Gasteiger partial charge in [-0.15, -0.1) is 0 Å². The van der Waals surface area contributed by atoms with Crippen molar-refractivity contribution in [3.8, 4) is 5.75 Å². The minimum atomic E-state index is -0.687. The molecular weight excluding hydrogens is 360 g/mol. The second kappa shape index (κ2) is 7.55. The third kappa shape index (κ3) is 3.59. The second-order valence-corrected chi connectivity index (χ2v) is 8.05. The Balaban J connectivity index is 1.40. The van der Waals surface area contributed by atoms with Crippen LogP contribution in [0.1, 0.15) is 13.8 Å². The number of nitrogens with zero attached hydrogens (tertiary/aromatic N) is 2. The van der Waals surface area contributed by atoms with E-state index < -0.39 is 18.0 Å². The molecule has 0 radical (unpaired) electrons. The Kier molecular flexibility index (Phi) is 5.26. The van der Waals surface area contributed by atoms with E-state index in [0.717, 1.165) is 37.6 Å². The summed E-state index contributed by atoms with van der Waals surface area (Å²) < 4.78 is 23.0. The van der Waals surface area contributed by atoms with Crippen molar-refractivity contribution in [1.29, 1.82) is 0 Å². The predicted octanol–water partition coefficient (Wildman–Crippen LogP) is 1.61. The van der Waals surface area contributed by atoms with E-state index in [1.165, 1.54) is 0 Å². The van der Waals surface area contributed by atoms with Gasteiger partial charge < -0.3 is 29.0 Å². The van der Waals surface area contributed by atoms with Gasteiger partial charge in [-0.3, -0.25) is 4.90 Å². The second-order valence-electron chi connectivity index (χ2n) is 8.05. The summed E-state index contributed by atoms with van der Waals surface area (Å²) in [7, 11) is 1.70. The number of methoxy groups -OCH3 is 1. The Morgan fingerprint density at radius 1 is 1.18 bits per heavy atom. The molecule has 3 aliphatic heterocycles. The smallest absolute Gasteiger partial charge is 0.163 e. The van der Waals surface area contributed by atoms with E-state index in [4.69, 9.17) is 18.9 Å². The van der Waals surface area contributed by atoms with Crippen LogP contribution in [0.3, 0.4) is 0 Å². The van der Waals surface area contributed by atoms with Gasteiger partial charge in [-0.05, 0) is 26.0 Å². The van der Waals surface area contributed by atoms with Gasteiger partial charge in [-0.25, -0.2) is 0 Å². The van der Waals surface area contributed by atoms with Crippen LogP contribution in [0.25, 0.3) is 0 Å². The average Bonchev–Trinajstić information content (AvgIpc) is 3.20. The van der Waals surface area contributed by atoms with Gasteiger partial charge in [-0.1, -0.05) is 18.7 Å². The highest BCUT2D eigenvalue weighted by molar-refractivity contribution is 5.58.